The zero-order valence-corrected chi connectivity index (χ0v) is 12.6. The molecule has 1 aliphatic heterocycles. The van der Waals surface area contributed by atoms with Gasteiger partial charge in [0.15, 0.2) is 5.78 Å². The zero-order valence-electron chi connectivity index (χ0n) is 11.8. The van der Waals surface area contributed by atoms with E-state index < -0.39 is 0 Å². The van der Waals surface area contributed by atoms with Crippen LogP contribution in [0.15, 0.2) is 54.6 Å². The van der Waals surface area contributed by atoms with E-state index in [-0.39, 0.29) is 17.2 Å². The molecular formula is C17H17NO2S. The van der Waals surface area contributed by atoms with E-state index in [1.54, 1.807) is 18.9 Å². The van der Waals surface area contributed by atoms with Gasteiger partial charge in [0.25, 0.3) is 0 Å². The lowest BCUT2D eigenvalue weighted by atomic mass is 10.0. The molecule has 4 heteroatoms. The van der Waals surface area contributed by atoms with Gasteiger partial charge in [-0.05, 0) is 29.8 Å². The predicted octanol–water partition coefficient (Wildman–Crippen LogP) is 3.28. The largest absolute Gasteiger partial charge is 0.497 e. The number of nitrogens with one attached hydrogen (secondary N) is 1. The van der Waals surface area contributed by atoms with Crippen LogP contribution >= 0.6 is 11.8 Å². The molecule has 1 fully saturated rings. The summed E-state index contributed by atoms with van der Waals surface area (Å²) in [4.78, 5) is 12.5. The third kappa shape index (κ3) is 3.12. The maximum atomic E-state index is 12.5. The van der Waals surface area contributed by atoms with E-state index in [9.17, 15) is 4.79 Å². The maximum Gasteiger partial charge on any atom is 0.180 e. The average Bonchev–Trinajstić information content (AvgIpc) is 3.05. The Hall–Kier alpha value is -1.78. The van der Waals surface area contributed by atoms with Crippen LogP contribution in [0, 0.1) is 0 Å². The number of ether oxygens (including phenoxy) is 1. The van der Waals surface area contributed by atoms with Crippen LogP contribution < -0.4 is 10.1 Å². The van der Waals surface area contributed by atoms with E-state index in [1.165, 1.54) is 5.56 Å². The smallest absolute Gasteiger partial charge is 0.180 e. The van der Waals surface area contributed by atoms with Crippen molar-refractivity contribution in [1.29, 1.82) is 0 Å². The van der Waals surface area contributed by atoms with Crippen molar-refractivity contribution in [3.05, 3.63) is 65.7 Å². The molecule has 0 amide bonds. The minimum atomic E-state index is -0.131. The number of Topliss-reactive ketones (excluding diaryl/α,β-unsaturated/α-hetero) is 1. The number of methoxy groups -OCH3 is 1. The normalized spacial score (nSPS) is 21.2. The second-order valence-corrected chi connectivity index (χ2v) is 6.07. The zero-order chi connectivity index (χ0) is 14.7. The van der Waals surface area contributed by atoms with Gasteiger partial charge in [0.05, 0.1) is 18.5 Å². The monoisotopic (exact) mass is 299 g/mol. The Kier molecular flexibility index (Phi) is 4.27. The third-order valence-corrected chi connectivity index (χ3v) is 4.84. The van der Waals surface area contributed by atoms with E-state index in [0.717, 1.165) is 17.1 Å². The van der Waals surface area contributed by atoms with Crippen LogP contribution in [0.5, 0.6) is 5.75 Å². The van der Waals surface area contributed by atoms with Gasteiger partial charge in [-0.3, -0.25) is 10.1 Å². The summed E-state index contributed by atoms with van der Waals surface area (Å²) >= 11 is 1.78. The van der Waals surface area contributed by atoms with Crippen LogP contribution in [0.4, 0.5) is 0 Å². The van der Waals surface area contributed by atoms with Crippen molar-refractivity contribution in [3.63, 3.8) is 0 Å². The fourth-order valence-corrected chi connectivity index (χ4v) is 3.64. The highest BCUT2D eigenvalue weighted by Crippen LogP contribution is 2.33. The third-order valence-electron chi connectivity index (χ3n) is 3.58. The fraction of sp³-hybridized carbons (Fsp3) is 0.235. The number of carbonyl (C=O) groups is 1. The molecule has 2 atom stereocenters. The molecule has 0 aromatic heterocycles. The van der Waals surface area contributed by atoms with Gasteiger partial charge in [-0.15, -0.1) is 11.8 Å². The van der Waals surface area contributed by atoms with Crippen molar-refractivity contribution in [2.75, 3.05) is 12.9 Å². The molecule has 3 nitrogen and oxygen atoms in total. The molecule has 1 N–H and O–H groups in total. The molecule has 1 heterocycles. The number of hydrogen-bond acceptors (Lipinski definition) is 4. The van der Waals surface area contributed by atoms with E-state index in [2.05, 4.69) is 17.4 Å². The van der Waals surface area contributed by atoms with Crippen LogP contribution in [0.25, 0.3) is 0 Å². The minimum absolute atomic E-state index is 0.131. The van der Waals surface area contributed by atoms with Gasteiger partial charge in [0.1, 0.15) is 5.75 Å². The summed E-state index contributed by atoms with van der Waals surface area (Å²) < 4.78 is 5.12. The van der Waals surface area contributed by atoms with Gasteiger partial charge in [0, 0.05) is 11.3 Å². The first-order valence-corrected chi connectivity index (χ1v) is 7.93. The number of ketones is 1. The van der Waals surface area contributed by atoms with Crippen LogP contribution in [0.1, 0.15) is 21.3 Å². The molecule has 3 rings (SSSR count). The topological polar surface area (TPSA) is 38.3 Å². The molecule has 0 aliphatic carbocycles. The predicted molar refractivity (Wildman–Crippen MR) is 85.9 cm³/mol. The molecule has 2 aromatic carbocycles. The van der Waals surface area contributed by atoms with Crippen LogP contribution in [0.2, 0.25) is 0 Å². The Morgan fingerprint density at radius 1 is 1.14 bits per heavy atom. The molecule has 2 unspecified atom stereocenters. The summed E-state index contributed by atoms with van der Waals surface area (Å²) in [5, 5.41) is 3.61. The first-order valence-electron chi connectivity index (χ1n) is 6.89. The molecule has 0 bridgehead atoms. The average molecular weight is 299 g/mol. The molecule has 21 heavy (non-hydrogen) atoms. The van der Waals surface area contributed by atoms with Crippen LogP contribution in [0.3, 0.4) is 0 Å². The van der Waals surface area contributed by atoms with Gasteiger partial charge in [-0.2, -0.15) is 0 Å². The Morgan fingerprint density at radius 3 is 2.52 bits per heavy atom. The number of rotatable bonds is 4. The molecular weight excluding hydrogens is 282 g/mol. The maximum absolute atomic E-state index is 12.5. The molecule has 1 aliphatic rings. The Balaban J connectivity index is 1.69. The molecule has 108 valence electrons. The number of hydrogen-bond donors (Lipinski definition) is 1. The fourth-order valence-electron chi connectivity index (χ4n) is 2.40. The van der Waals surface area contributed by atoms with E-state index in [4.69, 9.17) is 4.74 Å². The van der Waals surface area contributed by atoms with Gasteiger partial charge < -0.3 is 4.74 Å². The van der Waals surface area contributed by atoms with Crippen molar-refractivity contribution in [2.45, 2.75) is 11.4 Å². The summed E-state index contributed by atoms with van der Waals surface area (Å²) in [5.74, 6) is 1.70. The number of benzene rings is 2. The highest BCUT2D eigenvalue weighted by molar-refractivity contribution is 7.99. The van der Waals surface area contributed by atoms with E-state index >= 15 is 0 Å². The van der Waals surface area contributed by atoms with Gasteiger partial charge >= 0.3 is 0 Å². The Bertz CT molecular complexity index is 612. The Morgan fingerprint density at radius 2 is 1.86 bits per heavy atom. The van der Waals surface area contributed by atoms with E-state index in [1.807, 2.05) is 42.5 Å². The number of carbonyl (C=O) groups excluding carboxylic acids is 1. The summed E-state index contributed by atoms with van der Waals surface area (Å²) in [7, 11) is 1.62. The molecule has 0 spiro atoms. The standard InChI is InChI=1S/C17H17NO2S/c1-20-14-9-7-12(8-10-14)16(19)15-11-21-17(18-15)13-5-3-2-4-6-13/h2-10,15,17-18H,11H2,1H3. The van der Waals surface area contributed by atoms with Gasteiger partial charge in [-0.25, -0.2) is 0 Å². The van der Waals surface area contributed by atoms with Crippen molar-refractivity contribution in [1.82, 2.24) is 5.32 Å². The van der Waals surface area contributed by atoms with Crippen LogP contribution in [-0.2, 0) is 0 Å². The number of thioether (sulfide) groups is 1. The molecule has 0 saturated carbocycles. The van der Waals surface area contributed by atoms with Crippen molar-refractivity contribution in [2.24, 2.45) is 0 Å². The summed E-state index contributed by atoms with van der Waals surface area (Å²) in [6.45, 7) is 0. The summed E-state index contributed by atoms with van der Waals surface area (Å²) in [5.41, 5.74) is 1.94. The first kappa shape index (κ1) is 14.2. The first-order chi connectivity index (χ1) is 10.3. The highest BCUT2D eigenvalue weighted by Gasteiger charge is 2.30. The Labute approximate surface area is 128 Å². The minimum Gasteiger partial charge on any atom is -0.497 e. The van der Waals surface area contributed by atoms with Gasteiger partial charge in [-0.1, -0.05) is 30.3 Å². The highest BCUT2D eigenvalue weighted by atomic mass is 32.2. The molecule has 2 aromatic rings. The summed E-state index contributed by atoms with van der Waals surface area (Å²) in [6, 6.07) is 17.4. The lowest BCUT2D eigenvalue weighted by molar-refractivity contribution is 0.0955. The SMILES string of the molecule is COc1ccc(C(=O)C2CSC(c3ccccc3)N2)cc1. The second kappa shape index (κ2) is 6.33. The van der Waals surface area contributed by atoms with Crippen molar-refractivity contribution >= 4 is 17.5 Å². The molecule has 0 radical (unpaired) electrons. The van der Waals surface area contributed by atoms with Crippen molar-refractivity contribution < 1.29 is 9.53 Å². The quantitative estimate of drug-likeness (QED) is 0.879. The lowest BCUT2D eigenvalue weighted by Crippen LogP contribution is -2.34. The summed E-state index contributed by atoms with van der Waals surface area (Å²) in [6.07, 6.45) is 0. The van der Waals surface area contributed by atoms with Gasteiger partial charge in [0.2, 0.25) is 0 Å². The van der Waals surface area contributed by atoms with E-state index in [0.29, 0.717) is 0 Å². The molecule has 1 saturated heterocycles. The van der Waals surface area contributed by atoms with Crippen molar-refractivity contribution in [3.8, 4) is 5.75 Å². The lowest BCUT2D eigenvalue weighted by Gasteiger charge is -2.13. The van der Waals surface area contributed by atoms with Crippen LogP contribution in [-0.4, -0.2) is 24.7 Å². The second-order valence-electron chi connectivity index (χ2n) is 4.94.